The highest BCUT2D eigenvalue weighted by atomic mass is 31.2. The van der Waals surface area contributed by atoms with Gasteiger partial charge in [-0.2, -0.15) is 9.59 Å². The summed E-state index contributed by atoms with van der Waals surface area (Å²) in [6.45, 7) is -1.65. The third kappa shape index (κ3) is 8.94. The number of aromatic nitrogens is 10. The van der Waals surface area contributed by atoms with Crippen LogP contribution in [0.2, 0.25) is 0 Å². The lowest BCUT2D eigenvalue weighted by Gasteiger charge is -2.29. The summed E-state index contributed by atoms with van der Waals surface area (Å²) in [6, 6.07) is 13.0. The van der Waals surface area contributed by atoms with Crippen LogP contribution in [0.4, 0.5) is 29.7 Å². The second-order valence-electron chi connectivity index (χ2n) is 13.7. The number of ether oxygens (including phenoxy) is 3. The summed E-state index contributed by atoms with van der Waals surface area (Å²) in [5.74, 6) is -0.833. The number of pyridine rings is 2. The molecule has 0 radical (unpaired) electrons. The lowest BCUT2D eigenvalue weighted by atomic mass is 10.0. The van der Waals surface area contributed by atoms with Crippen molar-refractivity contribution >= 4 is 31.4 Å². The number of aliphatic hydroxyl groups is 1. The number of cyclic esters (lactones) is 2. The summed E-state index contributed by atoms with van der Waals surface area (Å²) in [5.41, 5.74) is 2.17. The molecule has 2 saturated heterocycles. The van der Waals surface area contributed by atoms with Crippen molar-refractivity contribution in [1.82, 2.24) is 50.4 Å². The number of carbonyl (C=O) groups is 2. The van der Waals surface area contributed by atoms with E-state index >= 15 is 8.78 Å². The SMILES string of the molecule is Cn1nnc(-c2ccc(-c3ccc(N4C[C@H](COCC(O)C5[C@H](COP(=O)(O)O)OC(=O)N5c5ccc(-c6ccc(-c7nnn(C)n7)nc6)c(F)c5)OC4=O)cc3F)cn2)n1. The van der Waals surface area contributed by atoms with Crippen LogP contribution in [0, 0.1) is 11.6 Å². The standard InChI is InChI=1S/C36H33F2N12O10P/c1-47-43-33(41-45-47)28-9-3-19(13-39-28)24-7-5-21(11-26(24)37)49-15-23(59-35(49)52)16-57-17-30(51)32-31(18-58-61(54,55)56)60-36(53)50(32)22-6-8-25(27(38)12-22)20-4-10-29(40-14-20)34-42-46-48(2)44-34/h3-14,23,30-32,51H,15-18H2,1-2H3,(H2,54,55,56)/t23-,30?,31+,32?/m1/s1. The third-order valence-corrected chi connectivity index (χ3v) is 10.0. The molecule has 0 saturated carbocycles. The van der Waals surface area contributed by atoms with Gasteiger partial charge in [-0.05, 0) is 59.0 Å². The Morgan fingerprint density at radius 1 is 0.803 bits per heavy atom. The summed E-state index contributed by atoms with van der Waals surface area (Å²) in [7, 11) is -1.84. The summed E-state index contributed by atoms with van der Waals surface area (Å²) < 4.78 is 63.7. The number of hydrogen-bond donors (Lipinski definition) is 3. The summed E-state index contributed by atoms with van der Waals surface area (Å²) in [4.78, 5) is 58.0. The van der Waals surface area contributed by atoms with Gasteiger partial charge in [0.1, 0.15) is 41.3 Å². The average molecular weight is 863 g/mol. The molecule has 2 amide bonds. The van der Waals surface area contributed by atoms with Crippen molar-refractivity contribution in [3.63, 3.8) is 0 Å². The topological polar surface area (TPSA) is 268 Å². The molecule has 61 heavy (non-hydrogen) atoms. The zero-order chi connectivity index (χ0) is 43.0. The van der Waals surface area contributed by atoms with E-state index in [4.69, 9.17) is 14.2 Å². The molecule has 6 aromatic rings. The molecule has 8 rings (SSSR count). The number of amides is 2. The Labute approximate surface area is 342 Å². The van der Waals surface area contributed by atoms with Gasteiger partial charge in [0.05, 0.1) is 51.8 Å². The molecule has 2 aliphatic rings. The van der Waals surface area contributed by atoms with Gasteiger partial charge in [-0.25, -0.2) is 22.9 Å². The van der Waals surface area contributed by atoms with Crippen molar-refractivity contribution < 1.29 is 56.6 Å². The van der Waals surface area contributed by atoms with Gasteiger partial charge >= 0.3 is 20.0 Å². The van der Waals surface area contributed by atoms with E-state index in [0.717, 1.165) is 11.0 Å². The Bertz CT molecular complexity index is 2630. The molecule has 2 fully saturated rings. The number of aryl methyl sites for hydroxylation is 2. The third-order valence-electron chi connectivity index (χ3n) is 9.51. The largest absolute Gasteiger partial charge is 0.469 e. The van der Waals surface area contributed by atoms with Gasteiger partial charge in [0.2, 0.25) is 11.6 Å². The van der Waals surface area contributed by atoms with Crippen molar-refractivity contribution in [1.29, 1.82) is 0 Å². The van der Waals surface area contributed by atoms with E-state index < -0.39 is 69.2 Å². The van der Waals surface area contributed by atoms with Gasteiger partial charge in [0, 0.05) is 34.6 Å². The number of benzene rings is 2. The first kappa shape index (κ1) is 41.1. The molecule has 4 atom stereocenters. The van der Waals surface area contributed by atoms with Crippen molar-refractivity contribution in [2.75, 3.05) is 36.2 Å². The fourth-order valence-electron chi connectivity index (χ4n) is 6.72. The minimum atomic E-state index is -5.05. The van der Waals surface area contributed by atoms with E-state index in [1.807, 2.05) is 0 Å². The summed E-state index contributed by atoms with van der Waals surface area (Å²) in [6.07, 6.45) is -2.91. The number of halogens is 2. The molecule has 6 heterocycles. The van der Waals surface area contributed by atoms with Crippen LogP contribution in [-0.4, -0.2) is 128 Å². The minimum Gasteiger partial charge on any atom is -0.441 e. The molecular formula is C36H33F2N12O10P. The van der Waals surface area contributed by atoms with Crippen LogP contribution in [0.15, 0.2) is 73.1 Å². The Hall–Kier alpha value is -6.69. The molecule has 2 aromatic carbocycles. The molecule has 25 heteroatoms. The molecule has 2 unspecified atom stereocenters. The highest BCUT2D eigenvalue weighted by Crippen LogP contribution is 2.39. The van der Waals surface area contributed by atoms with E-state index in [-0.39, 0.29) is 41.5 Å². The molecule has 316 valence electrons. The number of phosphoric acid groups is 1. The van der Waals surface area contributed by atoms with E-state index in [2.05, 4.69) is 45.3 Å². The second-order valence-corrected chi connectivity index (χ2v) is 14.9. The Kier molecular flexibility index (Phi) is 11.3. The molecule has 0 aliphatic carbocycles. The fourth-order valence-corrected chi connectivity index (χ4v) is 7.06. The zero-order valence-electron chi connectivity index (χ0n) is 31.8. The van der Waals surface area contributed by atoms with E-state index in [1.165, 1.54) is 57.2 Å². The van der Waals surface area contributed by atoms with Crippen molar-refractivity contribution in [2.45, 2.75) is 24.4 Å². The number of hydrogen-bond acceptors (Lipinski definition) is 16. The summed E-state index contributed by atoms with van der Waals surface area (Å²) >= 11 is 0. The van der Waals surface area contributed by atoms with Crippen LogP contribution >= 0.6 is 7.82 Å². The summed E-state index contributed by atoms with van der Waals surface area (Å²) in [5, 5.41) is 34.9. The number of phosphoric ester groups is 1. The van der Waals surface area contributed by atoms with Crippen LogP contribution in [0.1, 0.15) is 0 Å². The lowest BCUT2D eigenvalue weighted by Crippen LogP contribution is -2.49. The molecule has 22 nitrogen and oxygen atoms in total. The first-order valence-corrected chi connectivity index (χ1v) is 19.7. The number of tetrazole rings is 2. The maximum Gasteiger partial charge on any atom is 0.469 e. The number of carbonyl (C=O) groups excluding carboxylic acids is 2. The highest BCUT2D eigenvalue weighted by Gasteiger charge is 2.48. The van der Waals surface area contributed by atoms with Crippen LogP contribution < -0.4 is 9.80 Å². The Balaban J connectivity index is 0.920. The van der Waals surface area contributed by atoms with Crippen LogP contribution in [-0.2, 0) is 37.4 Å². The van der Waals surface area contributed by atoms with Crippen LogP contribution in [0.25, 0.3) is 45.3 Å². The number of anilines is 2. The molecule has 3 N–H and O–H groups in total. The molecule has 2 aliphatic heterocycles. The van der Waals surface area contributed by atoms with Crippen molar-refractivity contribution in [3.05, 3.63) is 84.7 Å². The van der Waals surface area contributed by atoms with Gasteiger partial charge in [-0.3, -0.25) is 24.3 Å². The average Bonchev–Trinajstić information content (AvgIpc) is 4.03. The minimum absolute atomic E-state index is 0.0495. The van der Waals surface area contributed by atoms with E-state index in [0.29, 0.717) is 28.3 Å². The molecule has 0 spiro atoms. The number of rotatable bonds is 14. The first-order valence-electron chi connectivity index (χ1n) is 18.2. The van der Waals surface area contributed by atoms with Crippen LogP contribution in [0.5, 0.6) is 0 Å². The van der Waals surface area contributed by atoms with Gasteiger partial charge in [0.25, 0.3) is 0 Å². The van der Waals surface area contributed by atoms with Gasteiger partial charge in [0.15, 0.2) is 6.10 Å². The zero-order valence-corrected chi connectivity index (χ0v) is 32.7. The maximum atomic E-state index is 15.7. The van der Waals surface area contributed by atoms with Gasteiger partial charge in [-0.15, -0.1) is 20.4 Å². The van der Waals surface area contributed by atoms with E-state index in [1.54, 1.807) is 38.4 Å². The predicted molar refractivity (Wildman–Crippen MR) is 204 cm³/mol. The maximum absolute atomic E-state index is 15.7. The van der Waals surface area contributed by atoms with Crippen LogP contribution in [0.3, 0.4) is 0 Å². The molecule has 0 bridgehead atoms. The Morgan fingerprint density at radius 2 is 1.38 bits per heavy atom. The first-order chi connectivity index (χ1) is 29.2. The number of aliphatic hydroxyl groups excluding tert-OH is 1. The number of nitrogens with zero attached hydrogens (tertiary/aromatic N) is 12. The smallest absolute Gasteiger partial charge is 0.441 e. The highest BCUT2D eigenvalue weighted by molar-refractivity contribution is 7.46. The molecule has 4 aromatic heterocycles. The van der Waals surface area contributed by atoms with Gasteiger partial charge < -0.3 is 29.1 Å². The lowest BCUT2D eigenvalue weighted by molar-refractivity contribution is -0.0235. The van der Waals surface area contributed by atoms with E-state index in [9.17, 15) is 29.0 Å². The van der Waals surface area contributed by atoms with Crippen molar-refractivity contribution in [3.8, 4) is 45.3 Å². The van der Waals surface area contributed by atoms with Gasteiger partial charge in [-0.1, -0.05) is 12.1 Å². The normalized spacial score (nSPS) is 18.4. The quantitative estimate of drug-likeness (QED) is 0.133. The monoisotopic (exact) mass is 862 g/mol. The second kappa shape index (κ2) is 16.8. The fraction of sp³-hybridized carbons (Fsp3) is 0.278. The predicted octanol–water partition coefficient (Wildman–Crippen LogP) is 2.68. The Morgan fingerprint density at radius 3 is 1.89 bits per heavy atom. The van der Waals surface area contributed by atoms with Crippen molar-refractivity contribution in [2.24, 2.45) is 14.1 Å². The molecular weight excluding hydrogens is 829 g/mol.